The maximum absolute atomic E-state index is 12.4. The lowest BCUT2D eigenvalue weighted by molar-refractivity contribution is -1.01. The van der Waals surface area contributed by atoms with Gasteiger partial charge in [-0.3, -0.25) is 4.79 Å². The first-order valence-corrected chi connectivity index (χ1v) is 10.5. The van der Waals surface area contributed by atoms with E-state index in [4.69, 9.17) is 23.2 Å². The minimum Gasteiger partial charge on any atom is -0.321 e. The van der Waals surface area contributed by atoms with Crippen LogP contribution in [-0.2, 0) is 11.3 Å². The normalized spacial score (nSPS) is 20.2. The number of anilines is 1. The van der Waals surface area contributed by atoms with Gasteiger partial charge in [0.15, 0.2) is 6.54 Å². The van der Waals surface area contributed by atoms with Gasteiger partial charge in [-0.2, -0.15) is 0 Å². The number of thiophene rings is 1. The number of halogens is 2. The predicted molar refractivity (Wildman–Crippen MR) is 109 cm³/mol. The SMILES string of the molecule is Cc1cc(C)c(NC(=O)C[NH+]2CC[NH+](Cc3ccc(Cl)s3)CC2)c(Cl)c1. The Morgan fingerprint density at radius 2 is 1.81 bits per heavy atom. The highest BCUT2D eigenvalue weighted by Gasteiger charge is 2.25. The number of nitrogens with one attached hydrogen (secondary N) is 3. The lowest BCUT2D eigenvalue weighted by Gasteiger charge is -2.29. The summed E-state index contributed by atoms with van der Waals surface area (Å²) >= 11 is 14.0. The Morgan fingerprint density at radius 1 is 1.12 bits per heavy atom. The van der Waals surface area contributed by atoms with E-state index in [-0.39, 0.29) is 5.91 Å². The van der Waals surface area contributed by atoms with Crippen LogP contribution >= 0.6 is 34.5 Å². The van der Waals surface area contributed by atoms with Gasteiger partial charge >= 0.3 is 0 Å². The number of hydrogen-bond donors (Lipinski definition) is 3. The fourth-order valence-electron chi connectivity index (χ4n) is 3.49. The largest absolute Gasteiger partial charge is 0.321 e. The first-order valence-electron chi connectivity index (χ1n) is 8.88. The molecule has 2 heterocycles. The number of aryl methyl sites for hydroxylation is 2. The molecular formula is C19H25Cl2N3OS+2. The zero-order chi connectivity index (χ0) is 18.7. The maximum atomic E-state index is 12.4. The molecule has 0 aliphatic carbocycles. The highest BCUT2D eigenvalue weighted by Crippen LogP contribution is 2.27. The molecule has 3 N–H and O–H groups in total. The van der Waals surface area contributed by atoms with Crippen molar-refractivity contribution in [2.75, 3.05) is 38.0 Å². The second-order valence-electron chi connectivity index (χ2n) is 7.05. The van der Waals surface area contributed by atoms with Gasteiger partial charge in [0.05, 0.1) is 19.9 Å². The van der Waals surface area contributed by atoms with Crippen molar-refractivity contribution in [1.82, 2.24) is 0 Å². The summed E-state index contributed by atoms with van der Waals surface area (Å²) < 4.78 is 0.852. The predicted octanol–water partition coefficient (Wildman–Crippen LogP) is 1.59. The summed E-state index contributed by atoms with van der Waals surface area (Å²) in [6.07, 6.45) is 0. The maximum Gasteiger partial charge on any atom is 0.279 e. The average molecular weight is 414 g/mol. The van der Waals surface area contributed by atoms with Gasteiger partial charge in [0.25, 0.3) is 5.91 Å². The van der Waals surface area contributed by atoms with E-state index in [9.17, 15) is 4.79 Å². The van der Waals surface area contributed by atoms with Crippen molar-refractivity contribution in [3.63, 3.8) is 0 Å². The average Bonchev–Trinajstić information content (AvgIpc) is 2.98. The number of piperazine rings is 1. The minimum atomic E-state index is 0.0299. The first-order chi connectivity index (χ1) is 12.4. The van der Waals surface area contributed by atoms with Crippen LogP contribution in [0.3, 0.4) is 0 Å². The van der Waals surface area contributed by atoms with Crippen molar-refractivity contribution >= 4 is 46.1 Å². The second-order valence-corrected chi connectivity index (χ2v) is 9.25. The summed E-state index contributed by atoms with van der Waals surface area (Å²) in [5.41, 5.74) is 2.84. The van der Waals surface area contributed by atoms with E-state index >= 15 is 0 Å². The third kappa shape index (κ3) is 5.21. The van der Waals surface area contributed by atoms with Crippen molar-refractivity contribution in [2.45, 2.75) is 20.4 Å². The minimum absolute atomic E-state index is 0.0299. The van der Waals surface area contributed by atoms with Crippen LogP contribution in [0.5, 0.6) is 0 Å². The smallest absolute Gasteiger partial charge is 0.279 e. The summed E-state index contributed by atoms with van der Waals surface area (Å²) in [7, 11) is 0. The molecule has 0 radical (unpaired) electrons. The number of carbonyl (C=O) groups is 1. The number of hydrogen-bond acceptors (Lipinski definition) is 2. The highest BCUT2D eigenvalue weighted by molar-refractivity contribution is 7.16. The van der Waals surface area contributed by atoms with Gasteiger partial charge < -0.3 is 15.1 Å². The fourth-order valence-corrected chi connectivity index (χ4v) is 5.02. The Labute approximate surface area is 168 Å². The molecular weight excluding hydrogens is 389 g/mol. The monoisotopic (exact) mass is 413 g/mol. The molecule has 1 saturated heterocycles. The summed E-state index contributed by atoms with van der Waals surface area (Å²) in [5.74, 6) is 0.0299. The van der Waals surface area contributed by atoms with Crippen molar-refractivity contribution < 1.29 is 14.6 Å². The number of carbonyl (C=O) groups excluding carboxylic acids is 1. The molecule has 1 aromatic carbocycles. The quantitative estimate of drug-likeness (QED) is 0.683. The van der Waals surface area contributed by atoms with Crippen LogP contribution in [0.15, 0.2) is 24.3 Å². The molecule has 1 aliphatic rings. The van der Waals surface area contributed by atoms with Gasteiger partial charge in [0.2, 0.25) is 0 Å². The van der Waals surface area contributed by atoms with Crippen molar-refractivity contribution in [3.8, 4) is 0 Å². The summed E-state index contributed by atoms with van der Waals surface area (Å²) in [4.78, 5) is 16.7. The van der Waals surface area contributed by atoms with Crippen molar-refractivity contribution in [1.29, 1.82) is 0 Å². The van der Waals surface area contributed by atoms with Gasteiger partial charge in [-0.25, -0.2) is 0 Å². The molecule has 7 heteroatoms. The molecule has 0 atom stereocenters. The van der Waals surface area contributed by atoms with Gasteiger partial charge in [-0.05, 0) is 43.2 Å². The molecule has 0 bridgehead atoms. The van der Waals surface area contributed by atoms with Crippen LogP contribution < -0.4 is 15.1 Å². The second kappa shape index (κ2) is 8.72. The molecule has 0 spiro atoms. The van der Waals surface area contributed by atoms with E-state index in [1.165, 1.54) is 9.78 Å². The fraction of sp³-hybridized carbons (Fsp3) is 0.421. The van der Waals surface area contributed by atoms with Crippen LogP contribution in [0, 0.1) is 13.8 Å². The molecule has 0 unspecified atom stereocenters. The molecule has 1 aliphatic heterocycles. The molecule has 2 aromatic rings. The highest BCUT2D eigenvalue weighted by atomic mass is 35.5. The standard InChI is InChI=1S/C19H23Cl2N3OS/c1-13-9-14(2)19(16(20)10-13)22-18(25)12-24-7-5-23(6-8-24)11-15-3-4-17(21)26-15/h3-4,9-10H,5-8,11-12H2,1-2H3,(H,22,25)/p+2. The Morgan fingerprint density at radius 3 is 2.42 bits per heavy atom. The molecule has 0 saturated carbocycles. The summed E-state index contributed by atoms with van der Waals surface area (Å²) in [5, 5.41) is 3.60. The first kappa shape index (κ1) is 19.6. The van der Waals surface area contributed by atoms with E-state index < -0.39 is 0 Å². The molecule has 1 aromatic heterocycles. The van der Waals surface area contributed by atoms with Crippen LogP contribution in [-0.4, -0.2) is 38.6 Å². The van der Waals surface area contributed by atoms with E-state index in [1.807, 2.05) is 32.0 Å². The summed E-state index contributed by atoms with van der Waals surface area (Å²) in [6, 6.07) is 7.99. The third-order valence-electron chi connectivity index (χ3n) is 4.82. The van der Waals surface area contributed by atoms with Gasteiger partial charge in [-0.15, -0.1) is 11.3 Å². The molecule has 4 nitrogen and oxygen atoms in total. The van der Waals surface area contributed by atoms with Crippen LogP contribution in [0.4, 0.5) is 5.69 Å². The Bertz CT molecular complexity index is 762. The van der Waals surface area contributed by atoms with E-state index in [0.29, 0.717) is 11.6 Å². The van der Waals surface area contributed by atoms with Crippen LogP contribution in [0.25, 0.3) is 0 Å². The number of rotatable bonds is 5. The summed E-state index contributed by atoms with van der Waals surface area (Å²) in [6.45, 7) is 9.63. The molecule has 1 amide bonds. The zero-order valence-corrected chi connectivity index (χ0v) is 17.5. The van der Waals surface area contributed by atoms with E-state index in [1.54, 1.807) is 16.2 Å². The van der Waals surface area contributed by atoms with Crippen LogP contribution in [0.2, 0.25) is 9.36 Å². The van der Waals surface area contributed by atoms with Gasteiger partial charge in [0.1, 0.15) is 32.7 Å². The Kier molecular flexibility index (Phi) is 6.59. The number of benzene rings is 1. The van der Waals surface area contributed by atoms with Crippen molar-refractivity contribution in [2.24, 2.45) is 0 Å². The van der Waals surface area contributed by atoms with E-state index in [0.717, 1.165) is 53.9 Å². The van der Waals surface area contributed by atoms with Gasteiger partial charge in [-0.1, -0.05) is 29.3 Å². The van der Waals surface area contributed by atoms with E-state index in [2.05, 4.69) is 11.4 Å². The topological polar surface area (TPSA) is 38.0 Å². The molecule has 140 valence electrons. The van der Waals surface area contributed by atoms with Crippen LogP contribution in [0.1, 0.15) is 16.0 Å². The third-order valence-corrected chi connectivity index (χ3v) is 6.35. The lowest BCUT2D eigenvalue weighted by atomic mass is 10.1. The van der Waals surface area contributed by atoms with Crippen molar-refractivity contribution in [3.05, 3.63) is 49.6 Å². The molecule has 1 fully saturated rings. The Hall–Kier alpha value is -1.11. The van der Waals surface area contributed by atoms with Gasteiger partial charge in [0, 0.05) is 0 Å². The number of quaternary nitrogens is 2. The lowest BCUT2D eigenvalue weighted by Crippen LogP contribution is -3.28. The number of amides is 1. The molecule has 26 heavy (non-hydrogen) atoms. The zero-order valence-electron chi connectivity index (χ0n) is 15.1. The molecule has 3 rings (SSSR count). The Balaban J connectivity index is 1.48.